The number of thiophene rings is 1. The van der Waals surface area contributed by atoms with Crippen molar-refractivity contribution in [2.24, 2.45) is 5.92 Å². The lowest BCUT2D eigenvalue weighted by Crippen LogP contribution is -1.94. The third kappa shape index (κ3) is 1.69. The Hall–Kier alpha value is 0.240. The third-order valence-corrected chi connectivity index (χ3v) is 4.72. The van der Waals surface area contributed by atoms with Crippen molar-refractivity contribution in [1.29, 1.82) is 0 Å². The van der Waals surface area contributed by atoms with Gasteiger partial charge in [-0.1, -0.05) is 34.8 Å². The highest BCUT2D eigenvalue weighted by Crippen LogP contribution is 2.56. The number of ketones is 1. The molecular weight excluding hydrogens is 263 g/mol. The molecule has 5 heteroatoms. The molecule has 0 amide bonds. The minimum atomic E-state index is 0.0932. The zero-order valence-electron chi connectivity index (χ0n) is 7.31. The molecular formula is C9H7Cl3OS. The van der Waals surface area contributed by atoms with Crippen LogP contribution in [0.3, 0.4) is 0 Å². The maximum Gasteiger partial charge on any atom is 0.133 e. The van der Waals surface area contributed by atoms with Crippen LogP contribution < -0.4 is 0 Å². The number of rotatable bonds is 2. The van der Waals surface area contributed by atoms with Gasteiger partial charge in [0.1, 0.15) is 10.1 Å². The zero-order chi connectivity index (χ0) is 10.5. The highest BCUT2D eigenvalue weighted by Gasteiger charge is 2.44. The van der Waals surface area contributed by atoms with Crippen molar-refractivity contribution in [1.82, 2.24) is 0 Å². The Kier molecular flexibility index (Phi) is 2.82. The molecule has 14 heavy (non-hydrogen) atoms. The van der Waals surface area contributed by atoms with Crippen LogP contribution in [-0.2, 0) is 4.79 Å². The fourth-order valence-electron chi connectivity index (χ4n) is 1.64. The van der Waals surface area contributed by atoms with Crippen LogP contribution in [0.5, 0.6) is 0 Å². The van der Waals surface area contributed by atoms with Crippen molar-refractivity contribution in [3.05, 3.63) is 19.3 Å². The summed E-state index contributed by atoms with van der Waals surface area (Å²) in [4.78, 5) is 11.1. The average molecular weight is 270 g/mol. The van der Waals surface area contributed by atoms with E-state index in [-0.39, 0.29) is 17.6 Å². The van der Waals surface area contributed by atoms with Crippen molar-refractivity contribution < 1.29 is 4.79 Å². The van der Waals surface area contributed by atoms with Crippen molar-refractivity contribution in [2.75, 3.05) is 0 Å². The van der Waals surface area contributed by atoms with E-state index < -0.39 is 0 Å². The van der Waals surface area contributed by atoms with Crippen molar-refractivity contribution in [3.63, 3.8) is 0 Å². The van der Waals surface area contributed by atoms with Gasteiger partial charge in [0, 0.05) is 11.5 Å². The van der Waals surface area contributed by atoms with E-state index in [1.54, 1.807) is 6.92 Å². The van der Waals surface area contributed by atoms with Gasteiger partial charge in [0.05, 0.1) is 9.36 Å². The fourth-order valence-corrected chi connectivity index (χ4v) is 3.74. The van der Waals surface area contributed by atoms with E-state index in [1.165, 1.54) is 11.3 Å². The molecule has 1 heterocycles. The summed E-state index contributed by atoms with van der Waals surface area (Å²) in [6, 6.07) is 0. The molecule has 1 aliphatic carbocycles. The predicted molar refractivity (Wildman–Crippen MR) is 60.9 cm³/mol. The Labute approximate surface area is 101 Å². The topological polar surface area (TPSA) is 17.1 Å². The van der Waals surface area contributed by atoms with Gasteiger partial charge in [-0.15, -0.1) is 11.3 Å². The van der Waals surface area contributed by atoms with Gasteiger partial charge in [0.15, 0.2) is 0 Å². The molecule has 2 unspecified atom stereocenters. The smallest absolute Gasteiger partial charge is 0.133 e. The lowest BCUT2D eigenvalue weighted by Gasteiger charge is -1.96. The zero-order valence-corrected chi connectivity index (χ0v) is 10.4. The van der Waals surface area contributed by atoms with E-state index in [1.807, 2.05) is 0 Å². The largest absolute Gasteiger partial charge is 0.300 e. The Balaban J connectivity index is 2.31. The summed E-state index contributed by atoms with van der Waals surface area (Å²) >= 11 is 19.1. The standard InChI is InChI=1S/C9H7Cl3OS/c1-3(13)4-2-5(4)6-7(10)9(12)14-8(6)11/h4-5H,2H2,1H3. The van der Waals surface area contributed by atoms with Crippen LogP contribution in [0.2, 0.25) is 13.7 Å². The van der Waals surface area contributed by atoms with Gasteiger partial charge in [0.2, 0.25) is 0 Å². The summed E-state index contributed by atoms with van der Waals surface area (Å²) in [5.74, 6) is 0.483. The summed E-state index contributed by atoms with van der Waals surface area (Å²) in [5, 5.41) is 0.524. The molecule has 0 saturated heterocycles. The maximum absolute atomic E-state index is 11.1. The summed E-state index contributed by atoms with van der Waals surface area (Å²) in [5.41, 5.74) is 0.864. The predicted octanol–water partition coefficient (Wildman–Crippen LogP) is 4.40. The van der Waals surface area contributed by atoms with E-state index in [4.69, 9.17) is 34.8 Å². The first-order valence-corrected chi connectivity index (χ1v) is 6.11. The van der Waals surface area contributed by atoms with Gasteiger partial charge in [0.25, 0.3) is 0 Å². The molecule has 0 aliphatic heterocycles. The maximum atomic E-state index is 11.1. The third-order valence-electron chi connectivity index (χ3n) is 2.48. The number of Topliss-reactive ketones (excluding diaryl/α,β-unsaturated/α-hetero) is 1. The van der Waals surface area contributed by atoms with Crippen molar-refractivity contribution in [2.45, 2.75) is 19.3 Å². The lowest BCUT2D eigenvalue weighted by atomic mass is 10.1. The van der Waals surface area contributed by atoms with E-state index in [2.05, 4.69) is 0 Å². The Morgan fingerprint density at radius 3 is 2.36 bits per heavy atom. The second-order valence-corrected chi connectivity index (χ2v) is 6.04. The SMILES string of the molecule is CC(=O)C1CC1c1c(Cl)sc(Cl)c1Cl. The second-order valence-electron chi connectivity index (χ2n) is 3.44. The Morgan fingerprint density at radius 1 is 1.36 bits per heavy atom. The van der Waals surface area contributed by atoms with E-state index in [0.29, 0.717) is 13.7 Å². The molecule has 0 spiro atoms. The first-order chi connectivity index (χ1) is 6.52. The quantitative estimate of drug-likeness (QED) is 0.778. The van der Waals surface area contributed by atoms with Gasteiger partial charge in [-0.2, -0.15) is 0 Å². The van der Waals surface area contributed by atoms with E-state index >= 15 is 0 Å². The van der Waals surface area contributed by atoms with Crippen LogP contribution >= 0.6 is 46.1 Å². The number of carbonyl (C=O) groups excluding carboxylic acids is 1. The lowest BCUT2D eigenvalue weighted by molar-refractivity contribution is -0.118. The molecule has 0 radical (unpaired) electrons. The van der Waals surface area contributed by atoms with Gasteiger partial charge in [-0.3, -0.25) is 4.79 Å². The number of halogens is 3. The monoisotopic (exact) mass is 268 g/mol. The molecule has 1 aromatic rings. The molecule has 0 N–H and O–H groups in total. The Bertz CT molecular complexity index is 399. The van der Waals surface area contributed by atoms with E-state index in [9.17, 15) is 4.79 Å². The summed E-state index contributed by atoms with van der Waals surface area (Å²) < 4.78 is 1.13. The number of hydrogen-bond donors (Lipinski definition) is 0. The molecule has 1 aromatic heterocycles. The van der Waals surface area contributed by atoms with Crippen LogP contribution in [0.15, 0.2) is 0 Å². The molecule has 1 saturated carbocycles. The van der Waals surface area contributed by atoms with E-state index in [0.717, 1.165) is 12.0 Å². The van der Waals surface area contributed by atoms with Crippen LogP contribution in [0.25, 0.3) is 0 Å². The van der Waals surface area contributed by atoms with Gasteiger partial charge < -0.3 is 0 Å². The molecule has 0 bridgehead atoms. The number of carbonyl (C=O) groups is 1. The van der Waals surface area contributed by atoms with Gasteiger partial charge in [-0.05, 0) is 19.3 Å². The van der Waals surface area contributed by atoms with Crippen LogP contribution in [-0.4, -0.2) is 5.78 Å². The molecule has 1 aliphatic rings. The Morgan fingerprint density at radius 2 is 2.00 bits per heavy atom. The van der Waals surface area contributed by atoms with Gasteiger partial charge in [-0.25, -0.2) is 0 Å². The summed E-state index contributed by atoms with van der Waals surface area (Å²) in [6.45, 7) is 1.60. The second kappa shape index (κ2) is 3.67. The highest BCUT2D eigenvalue weighted by molar-refractivity contribution is 7.20. The van der Waals surface area contributed by atoms with Crippen molar-refractivity contribution >= 4 is 51.9 Å². The first kappa shape index (κ1) is 10.7. The van der Waals surface area contributed by atoms with Crippen molar-refractivity contribution in [3.8, 4) is 0 Å². The van der Waals surface area contributed by atoms with Crippen LogP contribution in [0.1, 0.15) is 24.8 Å². The van der Waals surface area contributed by atoms with Gasteiger partial charge >= 0.3 is 0 Å². The molecule has 2 rings (SSSR count). The minimum absolute atomic E-state index is 0.0932. The average Bonchev–Trinajstić information content (AvgIpc) is 2.79. The van der Waals surface area contributed by atoms with Crippen LogP contribution in [0.4, 0.5) is 0 Å². The first-order valence-electron chi connectivity index (χ1n) is 4.16. The minimum Gasteiger partial charge on any atom is -0.300 e. The summed E-state index contributed by atoms with van der Waals surface area (Å²) in [6.07, 6.45) is 0.849. The highest BCUT2D eigenvalue weighted by atomic mass is 35.5. The molecule has 2 atom stereocenters. The fraction of sp³-hybridized carbons (Fsp3) is 0.444. The molecule has 0 aromatic carbocycles. The molecule has 1 nitrogen and oxygen atoms in total. The van der Waals surface area contributed by atoms with Crippen LogP contribution in [0, 0.1) is 5.92 Å². The normalized spacial score (nSPS) is 25.1. The summed E-state index contributed by atoms with van der Waals surface area (Å²) in [7, 11) is 0. The molecule has 76 valence electrons. The molecule has 1 fully saturated rings. The number of hydrogen-bond acceptors (Lipinski definition) is 2.